The van der Waals surface area contributed by atoms with Crippen molar-refractivity contribution in [1.82, 2.24) is 0 Å². The Labute approximate surface area is 158 Å². The maximum Gasteiger partial charge on any atom is 0.143 e. The van der Waals surface area contributed by atoms with Crippen LogP contribution < -0.4 is 0 Å². The highest BCUT2D eigenvalue weighted by Crippen LogP contribution is 2.14. The second-order valence-electron chi connectivity index (χ2n) is 5.86. The molecule has 0 spiro atoms. The second kappa shape index (κ2) is 11.9. The van der Waals surface area contributed by atoms with Crippen molar-refractivity contribution in [2.24, 2.45) is 0 Å². The molecule has 0 aliphatic carbocycles. The molecule has 0 aliphatic heterocycles. The normalized spacial score (nSPS) is 10.6. The maximum absolute atomic E-state index is 11.9. The van der Waals surface area contributed by atoms with Crippen LogP contribution >= 0.6 is 23.5 Å². The number of hydrogen-bond acceptors (Lipinski definition) is 4. The Kier molecular flexibility index (Phi) is 9.45. The van der Waals surface area contributed by atoms with Crippen LogP contribution in [-0.2, 0) is 22.4 Å². The van der Waals surface area contributed by atoms with Crippen LogP contribution in [0.1, 0.15) is 24.0 Å². The summed E-state index contributed by atoms with van der Waals surface area (Å²) in [5.41, 5.74) is 2.42. The summed E-state index contributed by atoms with van der Waals surface area (Å²) >= 11 is 3.23. The lowest BCUT2D eigenvalue weighted by atomic mass is 10.1. The Balaban J connectivity index is 1.48. The highest BCUT2D eigenvalue weighted by atomic mass is 32.2. The minimum absolute atomic E-state index is 0.282. The molecular formula is C21H24O2S2. The predicted octanol–water partition coefficient (Wildman–Crippen LogP) is 4.81. The highest BCUT2D eigenvalue weighted by Gasteiger charge is 2.05. The molecule has 0 N–H and O–H groups in total. The molecule has 25 heavy (non-hydrogen) atoms. The van der Waals surface area contributed by atoms with E-state index in [9.17, 15) is 9.59 Å². The fourth-order valence-corrected chi connectivity index (χ4v) is 4.25. The Morgan fingerprint density at radius 3 is 1.44 bits per heavy atom. The van der Waals surface area contributed by atoms with Gasteiger partial charge in [-0.2, -0.15) is 0 Å². The van der Waals surface area contributed by atoms with Gasteiger partial charge < -0.3 is 0 Å². The summed E-state index contributed by atoms with van der Waals surface area (Å²) in [4.78, 5) is 23.8. The van der Waals surface area contributed by atoms with Crippen LogP contribution in [0.5, 0.6) is 0 Å². The van der Waals surface area contributed by atoms with E-state index in [1.807, 2.05) is 36.4 Å². The summed E-state index contributed by atoms with van der Waals surface area (Å²) in [6.07, 6.45) is 2.81. The first kappa shape index (κ1) is 19.8. The molecule has 2 nitrogen and oxygen atoms in total. The van der Waals surface area contributed by atoms with E-state index in [1.54, 1.807) is 23.5 Å². The zero-order chi connectivity index (χ0) is 17.7. The van der Waals surface area contributed by atoms with Crippen LogP contribution in [-0.4, -0.2) is 28.2 Å². The lowest BCUT2D eigenvalue weighted by Crippen LogP contribution is -2.05. The summed E-state index contributed by atoms with van der Waals surface area (Å²) in [5.74, 6) is 1.64. The summed E-state index contributed by atoms with van der Waals surface area (Å²) in [5, 5.41) is 0.800. The van der Waals surface area contributed by atoms with Gasteiger partial charge in [0.1, 0.15) is 11.6 Å². The SMILES string of the molecule is O=C(CCc1ccccc1)CSCSCC(=O)CCc1ccccc1. The summed E-state index contributed by atoms with van der Waals surface area (Å²) in [6.45, 7) is 0. The number of hydrogen-bond donors (Lipinski definition) is 0. The van der Waals surface area contributed by atoms with Crippen molar-refractivity contribution in [3.05, 3.63) is 71.8 Å². The standard InChI is InChI=1S/C21H24O2S2/c22-20(13-11-18-7-3-1-4-8-18)15-24-17-25-16-21(23)14-12-19-9-5-2-6-10-19/h1-10H,11-17H2. The molecule has 0 unspecified atom stereocenters. The van der Waals surface area contributed by atoms with E-state index in [0.29, 0.717) is 24.3 Å². The Hall–Kier alpha value is -1.52. The summed E-state index contributed by atoms with van der Waals surface area (Å²) < 4.78 is 0. The van der Waals surface area contributed by atoms with Gasteiger partial charge in [0.05, 0.1) is 11.5 Å². The molecule has 0 amide bonds. The molecule has 0 radical (unpaired) electrons. The van der Waals surface area contributed by atoms with Crippen molar-refractivity contribution in [3.8, 4) is 0 Å². The molecule has 0 bridgehead atoms. The van der Waals surface area contributed by atoms with Crippen molar-refractivity contribution in [1.29, 1.82) is 0 Å². The van der Waals surface area contributed by atoms with E-state index in [0.717, 1.165) is 17.9 Å². The molecule has 2 aromatic carbocycles. The minimum Gasteiger partial charge on any atom is -0.299 e. The zero-order valence-corrected chi connectivity index (χ0v) is 16.0. The molecule has 0 atom stereocenters. The Morgan fingerprint density at radius 1 is 0.640 bits per heavy atom. The van der Waals surface area contributed by atoms with Crippen LogP contribution in [0.25, 0.3) is 0 Å². The number of benzene rings is 2. The molecular weight excluding hydrogens is 348 g/mol. The molecule has 2 rings (SSSR count). The number of carbonyl (C=O) groups excluding carboxylic acids is 2. The molecule has 0 aliphatic rings. The lowest BCUT2D eigenvalue weighted by Gasteiger charge is -2.03. The number of ketones is 2. The van der Waals surface area contributed by atoms with Gasteiger partial charge in [0, 0.05) is 17.9 Å². The van der Waals surface area contributed by atoms with Gasteiger partial charge in [-0.25, -0.2) is 0 Å². The number of carbonyl (C=O) groups is 2. The van der Waals surface area contributed by atoms with E-state index in [2.05, 4.69) is 24.3 Å². The quantitative estimate of drug-likeness (QED) is 0.395. The van der Waals surface area contributed by atoms with Crippen molar-refractivity contribution in [2.75, 3.05) is 16.6 Å². The molecule has 132 valence electrons. The maximum atomic E-state index is 11.9. The van der Waals surface area contributed by atoms with E-state index in [-0.39, 0.29) is 11.6 Å². The fraction of sp³-hybridized carbons (Fsp3) is 0.333. The van der Waals surface area contributed by atoms with E-state index < -0.39 is 0 Å². The topological polar surface area (TPSA) is 34.1 Å². The van der Waals surface area contributed by atoms with Crippen LogP contribution in [0, 0.1) is 0 Å². The van der Waals surface area contributed by atoms with Gasteiger partial charge >= 0.3 is 0 Å². The van der Waals surface area contributed by atoms with Crippen molar-refractivity contribution >= 4 is 35.1 Å². The number of rotatable bonds is 12. The molecule has 0 heterocycles. The van der Waals surface area contributed by atoms with Crippen LogP contribution in [0.4, 0.5) is 0 Å². The summed E-state index contributed by atoms with van der Waals surface area (Å²) in [7, 11) is 0. The second-order valence-corrected chi connectivity index (χ2v) is 8.20. The number of aryl methyl sites for hydroxylation is 2. The van der Waals surface area contributed by atoms with Gasteiger partial charge in [-0.1, -0.05) is 60.7 Å². The average Bonchev–Trinajstić information content (AvgIpc) is 2.66. The first-order chi connectivity index (χ1) is 12.2. The molecule has 0 saturated heterocycles. The van der Waals surface area contributed by atoms with Gasteiger partial charge in [-0.15, -0.1) is 23.5 Å². The number of Topliss-reactive ketones (excluding diaryl/α,β-unsaturated/α-hetero) is 2. The van der Waals surface area contributed by atoms with Crippen molar-refractivity contribution in [2.45, 2.75) is 25.7 Å². The zero-order valence-electron chi connectivity index (χ0n) is 14.4. The van der Waals surface area contributed by atoms with Gasteiger partial charge in [0.25, 0.3) is 0 Å². The molecule has 0 fully saturated rings. The van der Waals surface area contributed by atoms with Gasteiger partial charge in [-0.05, 0) is 24.0 Å². The third-order valence-electron chi connectivity index (χ3n) is 3.76. The number of thioether (sulfide) groups is 2. The highest BCUT2D eigenvalue weighted by molar-refractivity contribution is 8.16. The van der Waals surface area contributed by atoms with Crippen LogP contribution in [0.3, 0.4) is 0 Å². The Morgan fingerprint density at radius 2 is 1.04 bits per heavy atom. The van der Waals surface area contributed by atoms with E-state index >= 15 is 0 Å². The molecule has 2 aromatic rings. The average molecular weight is 373 g/mol. The van der Waals surface area contributed by atoms with Crippen LogP contribution in [0.15, 0.2) is 60.7 Å². The minimum atomic E-state index is 0.282. The van der Waals surface area contributed by atoms with Crippen molar-refractivity contribution in [3.63, 3.8) is 0 Å². The summed E-state index contributed by atoms with van der Waals surface area (Å²) in [6, 6.07) is 20.2. The van der Waals surface area contributed by atoms with Gasteiger partial charge in [0.2, 0.25) is 0 Å². The third kappa shape index (κ3) is 8.94. The largest absolute Gasteiger partial charge is 0.299 e. The molecule has 0 saturated carbocycles. The smallest absolute Gasteiger partial charge is 0.143 e. The van der Waals surface area contributed by atoms with Gasteiger partial charge in [-0.3, -0.25) is 9.59 Å². The van der Waals surface area contributed by atoms with E-state index in [1.165, 1.54) is 11.1 Å². The van der Waals surface area contributed by atoms with Crippen LogP contribution in [0.2, 0.25) is 0 Å². The molecule has 4 heteroatoms. The first-order valence-corrected chi connectivity index (χ1v) is 10.8. The third-order valence-corrected chi connectivity index (χ3v) is 6.15. The molecule has 0 aromatic heterocycles. The first-order valence-electron chi connectivity index (χ1n) is 8.51. The predicted molar refractivity (Wildman–Crippen MR) is 109 cm³/mol. The van der Waals surface area contributed by atoms with Gasteiger partial charge in [0.15, 0.2) is 0 Å². The van der Waals surface area contributed by atoms with Crippen molar-refractivity contribution < 1.29 is 9.59 Å². The van der Waals surface area contributed by atoms with E-state index in [4.69, 9.17) is 0 Å². The fourth-order valence-electron chi connectivity index (χ4n) is 2.37. The lowest BCUT2D eigenvalue weighted by molar-refractivity contribution is -0.117. The Bertz CT molecular complexity index is 584. The monoisotopic (exact) mass is 372 g/mol.